The van der Waals surface area contributed by atoms with Crippen LogP contribution in [0.25, 0.3) is 0 Å². The summed E-state index contributed by atoms with van der Waals surface area (Å²) in [5.74, 6) is 1.09. The number of carbonyl (C=O) groups is 1. The summed E-state index contributed by atoms with van der Waals surface area (Å²) in [5, 5.41) is 13.0. The van der Waals surface area contributed by atoms with E-state index >= 15 is 0 Å². The summed E-state index contributed by atoms with van der Waals surface area (Å²) < 4.78 is 13.4. The maximum absolute atomic E-state index is 13.4. The molecule has 1 heterocycles. The fraction of sp³-hybridized carbons (Fsp3) is 0.381. The summed E-state index contributed by atoms with van der Waals surface area (Å²) in [7, 11) is 0. The van der Waals surface area contributed by atoms with Gasteiger partial charge in [0, 0.05) is 5.69 Å². The predicted molar refractivity (Wildman–Crippen MR) is 93.2 cm³/mol. The number of benzene rings is 2. The van der Waals surface area contributed by atoms with E-state index in [4.69, 9.17) is 0 Å². The van der Waals surface area contributed by atoms with Crippen LogP contribution in [0.5, 0.6) is 0 Å². The maximum atomic E-state index is 13.4. The van der Waals surface area contributed by atoms with Crippen LogP contribution in [0.2, 0.25) is 0 Å². The van der Waals surface area contributed by atoms with Crippen LogP contribution < -0.4 is 5.32 Å². The van der Waals surface area contributed by atoms with E-state index in [0.29, 0.717) is 29.2 Å². The minimum atomic E-state index is -0.872. The van der Waals surface area contributed by atoms with Gasteiger partial charge in [-0.25, -0.2) is 9.18 Å². The molecule has 2 bridgehead atoms. The molecule has 2 fully saturated rings. The Kier molecular flexibility index (Phi) is 3.18. The van der Waals surface area contributed by atoms with Crippen LogP contribution in [0.1, 0.15) is 52.7 Å². The summed E-state index contributed by atoms with van der Waals surface area (Å²) in [6.07, 6.45) is 3.71. The number of fused-ring (bicyclic) bond motifs is 7. The van der Waals surface area contributed by atoms with E-state index in [-0.39, 0.29) is 11.9 Å². The minimum absolute atomic E-state index is 0.170. The van der Waals surface area contributed by atoms with Crippen LogP contribution in [0.15, 0.2) is 42.5 Å². The van der Waals surface area contributed by atoms with E-state index in [1.807, 2.05) is 24.3 Å². The van der Waals surface area contributed by atoms with Gasteiger partial charge in [-0.1, -0.05) is 12.1 Å². The van der Waals surface area contributed by atoms with E-state index in [1.165, 1.54) is 31.4 Å². The van der Waals surface area contributed by atoms with Crippen molar-refractivity contribution >= 4 is 11.7 Å². The maximum Gasteiger partial charge on any atom is 0.335 e. The Bertz CT molecular complexity index is 847. The molecule has 0 spiro atoms. The first-order valence-electron chi connectivity index (χ1n) is 9.01. The van der Waals surface area contributed by atoms with Gasteiger partial charge in [0.05, 0.1) is 11.6 Å². The van der Waals surface area contributed by atoms with Crippen LogP contribution in [-0.2, 0) is 0 Å². The molecular formula is C21H20FNO2. The molecule has 0 aromatic heterocycles. The molecule has 0 radical (unpaired) electrons. The second-order valence-corrected chi connectivity index (χ2v) is 7.72. The number of hydrogen-bond donors (Lipinski definition) is 2. The zero-order valence-electron chi connectivity index (χ0n) is 13.8. The minimum Gasteiger partial charge on any atom is -0.478 e. The van der Waals surface area contributed by atoms with Crippen LogP contribution >= 0.6 is 0 Å². The number of hydrogen-bond acceptors (Lipinski definition) is 2. The summed E-state index contributed by atoms with van der Waals surface area (Å²) in [6, 6.07) is 12.4. The largest absolute Gasteiger partial charge is 0.478 e. The highest BCUT2D eigenvalue weighted by atomic mass is 19.1. The number of halogens is 1. The van der Waals surface area contributed by atoms with Crippen LogP contribution in [0, 0.1) is 23.6 Å². The monoisotopic (exact) mass is 337 g/mol. The third-order valence-electron chi connectivity index (χ3n) is 6.56. The Morgan fingerprint density at radius 2 is 1.84 bits per heavy atom. The van der Waals surface area contributed by atoms with Crippen molar-refractivity contribution in [2.75, 3.05) is 5.32 Å². The van der Waals surface area contributed by atoms with Crippen LogP contribution in [0.4, 0.5) is 10.1 Å². The van der Waals surface area contributed by atoms with Crippen molar-refractivity contribution in [3.8, 4) is 0 Å². The predicted octanol–water partition coefficient (Wildman–Crippen LogP) is 4.82. The lowest BCUT2D eigenvalue weighted by Crippen LogP contribution is -2.35. The molecule has 128 valence electrons. The number of anilines is 1. The first-order valence-corrected chi connectivity index (χ1v) is 9.01. The number of nitrogens with one attached hydrogen (secondary N) is 1. The molecule has 5 atom stereocenters. The second kappa shape index (κ2) is 5.32. The van der Waals surface area contributed by atoms with Crippen LogP contribution in [-0.4, -0.2) is 11.1 Å². The first kappa shape index (κ1) is 14.9. The SMILES string of the molecule is O=C(O)c1ccc2c(c1)C1C3CCC(C3)C1C(c1ccc(F)cc1)N2. The highest BCUT2D eigenvalue weighted by Gasteiger charge is 2.53. The molecule has 0 amide bonds. The van der Waals surface area contributed by atoms with Crippen molar-refractivity contribution in [3.05, 3.63) is 65.0 Å². The molecule has 2 aromatic carbocycles. The van der Waals surface area contributed by atoms with E-state index in [1.54, 1.807) is 6.07 Å². The van der Waals surface area contributed by atoms with Gasteiger partial charge in [0.15, 0.2) is 0 Å². The summed E-state index contributed by atoms with van der Waals surface area (Å²) in [4.78, 5) is 11.4. The van der Waals surface area contributed by atoms with E-state index in [9.17, 15) is 14.3 Å². The van der Waals surface area contributed by atoms with Gasteiger partial charge in [-0.15, -0.1) is 0 Å². The van der Waals surface area contributed by atoms with Gasteiger partial charge in [0.25, 0.3) is 0 Å². The first-order chi connectivity index (χ1) is 12.1. The van der Waals surface area contributed by atoms with Crippen molar-refractivity contribution in [3.63, 3.8) is 0 Å². The highest BCUT2D eigenvalue weighted by molar-refractivity contribution is 5.88. The van der Waals surface area contributed by atoms with Gasteiger partial charge < -0.3 is 10.4 Å². The molecule has 3 aliphatic rings. The van der Waals surface area contributed by atoms with Crippen molar-refractivity contribution in [1.29, 1.82) is 0 Å². The fourth-order valence-corrected chi connectivity index (χ4v) is 5.62. The van der Waals surface area contributed by atoms with E-state index < -0.39 is 5.97 Å². The Morgan fingerprint density at radius 1 is 1.08 bits per heavy atom. The van der Waals surface area contributed by atoms with Crippen molar-refractivity contribution in [1.82, 2.24) is 0 Å². The number of carboxylic acid groups (broad SMARTS) is 1. The zero-order valence-corrected chi connectivity index (χ0v) is 13.8. The van der Waals surface area contributed by atoms with Crippen LogP contribution in [0.3, 0.4) is 0 Å². The average Bonchev–Trinajstić information content (AvgIpc) is 3.23. The molecule has 5 unspecified atom stereocenters. The van der Waals surface area contributed by atoms with E-state index in [2.05, 4.69) is 5.32 Å². The summed E-state index contributed by atoms with van der Waals surface area (Å²) in [6.45, 7) is 0. The molecule has 5 rings (SSSR count). The normalized spacial score (nSPS) is 32.0. The van der Waals surface area contributed by atoms with Gasteiger partial charge >= 0.3 is 5.97 Å². The number of aromatic carboxylic acids is 1. The lowest BCUT2D eigenvalue weighted by Gasteiger charge is -2.43. The third-order valence-corrected chi connectivity index (χ3v) is 6.56. The molecule has 4 heteroatoms. The summed E-state index contributed by atoms with van der Waals surface area (Å²) >= 11 is 0. The quantitative estimate of drug-likeness (QED) is 0.826. The van der Waals surface area contributed by atoms with Crippen molar-refractivity contribution in [2.45, 2.75) is 31.2 Å². The molecule has 2 saturated carbocycles. The molecule has 1 aliphatic heterocycles. The van der Waals surface area contributed by atoms with Gasteiger partial charge in [0.1, 0.15) is 5.82 Å². The van der Waals surface area contributed by atoms with Gasteiger partial charge in [-0.2, -0.15) is 0 Å². The lowest BCUT2D eigenvalue weighted by atomic mass is 9.68. The Hall–Kier alpha value is -2.36. The van der Waals surface area contributed by atoms with Gasteiger partial charge in [-0.3, -0.25) is 0 Å². The van der Waals surface area contributed by atoms with Gasteiger partial charge in [0.2, 0.25) is 0 Å². The standard InChI is InChI=1S/C21H20FNO2/c22-15-6-3-11(4-7-15)20-19-13-2-1-12(9-13)18(19)16-10-14(21(24)25)5-8-17(16)23-20/h3-8,10,12-13,18-20,23H,1-2,9H2,(H,24,25). The molecule has 0 saturated heterocycles. The third kappa shape index (κ3) is 2.20. The Balaban J connectivity index is 1.62. The van der Waals surface area contributed by atoms with E-state index in [0.717, 1.165) is 16.8 Å². The van der Waals surface area contributed by atoms with Gasteiger partial charge in [-0.05, 0) is 84.4 Å². The molecule has 25 heavy (non-hydrogen) atoms. The second-order valence-electron chi connectivity index (χ2n) is 7.72. The molecule has 3 nitrogen and oxygen atoms in total. The molecule has 2 aliphatic carbocycles. The zero-order chi connectivity index (χ0) is 17.1. The fourth-order valence-electron chi connectivity index (χ4n) is 5.62. The molecule has 2 N–H and O–H groups in total. The van der Waals surface area contributed by atoms with Crippen molar-refractivity contribution in [2.24, 2.45) is 17.8 Å². The summed E-state index contributed by atoms with van der Waals surface area (Å²) in [5.41, 5.74) is 3.68. The topological polar surface area (TPSA) is 49.3 Å². The average molecular weight is 337 g/mol. The lowest BCUT2D eigenvalue weighted by molar-refractivity contribution is 0.0696. The smallest absolute Gasteiger partial charge is 0.335 e. The molecular weight excluding hydrogens is 317 g/mol. The number of rotatable bonds is 2. The Morgan fingerprint density at radius 3 is 2.60 bits per heavy atom. The number of carboxylic acids is 1. The van der Waals surface area contributed by atoms with Crippen molar-refractivity contribution < 1.29 is 14.3 Å². The highest BCUT2D eigenvalue weighted by Crippen LogP contribution is 2.63. The molecule has 2 aromatic rings. The Labute approximate surface area is 145 Å².